The third-order valence-electron chi connectivity index (χ3n) is 7.09. The van der Waals surface area contributed by atoms with Crippen molar-refractivity contribution in [2.45, 2.75) is 26.4 Å². The number of rotatable bonds is 8. The minimum absolute atomic E-state index is 0.0999. The number of aromatic amines is 1. The molecule has 1 aliphatic rings. The minimum Gasteiger partial charge on any atom is -0.490 e. The molecule has 3 aromatic carbocycles. The third-order valence-corrected chi connectivity index (χ3v) is 7.09. The fourth-order valence-electron chi connectivity index (χ4n) is 5.10. The molecule has 6 rings (SSSR count). The molecule has 44 heavy (non-hydrogen) atoms. The second-order valence-electron chi connectivity index (χ2n) is 10.7. The van der Waals surface area contributed by atoms with Gasteiger partial charge in [-0.2, -0.15) is 5.26 Å². The van der Waals surface area contributed by atoms with E-state index in [1.54, 1.807) is 24.4 Å². The van der Waals surface area contributed by atoms with Gasteiger partial charge in [-0.1, -0.05) is 36.4 Å². The molecule has 0 fully saturated rings. The SMILES string of the molecule is CC(C)Oc1ccc(-c2c[nH]c3nccc(Oc4c(F)cc(NC5=NC[C@@H](Cc6ccccc6)CO5)cc4F)c23)cc1C#N. The molecule has 0 saturated carbocycles. The lowest BCUT2D eigenvalue weighted by molar-refractivity contribution is 0.219. The van der Waals surface area contributed by atoms with Gasteiger partial charge < -0.3 is 24.5 Å². The zero-order valence-electron chi connectivity index (χ0n) is 24.1. The maximum Gasteiger partial charge on any atom is 0.289 e. The van der Waals surface area contributed by atoms with Crippen molar-refractivity contribution in [2.75, 3.05) is 18.5 Å². The highest BCUT2D eigenvalue weighted by atomic mass is 19.1. The maximum absolute atomic E-state index is 15.3. The Labute approximate surface area is 253 Å². The first-order valence-corrected chi connectivity index (χ1v) is 14.2. The zero-order valence-corrected chi connectivity index (χ0v) is 24.1. The molecule has 0 bridgehead atoms. The van der Waals surface area contributed by atoms with Gasteiger partial charge in [0.15, 0.2) is 17.4 Å². The predicted molar refractivity (Wildman–Crippen MR) is 164 cm³/mol. The first-order chi connectivity index (χ1) is 21.4. The van der Waals surface area contributed by atoms with E-state index >= 15 is 8.78 Å². The lowest BCUT2D eigenvalue weighted by Gasteiger charge is -2.22. The summed E-state index contributed by atoms with van der Waals surface area (Å²) in [5.74, 6) is -1.52. The molecule has 0 radical (unpaired) electrons. The second kappa shape index (κ2) is 12.4. The fourth-order valence-corrected chi connectivity index (χ4v) is 5.10. The normalized spacial score (nSPS) is 14.5. The van der Waals surface area contributed by atoms with Crippen molar-refractivity contribution in [3.63, 3.8) is 0 Å². The summed E-state index contributed by atoms with van der Waals surface area (Å²) in [5.41, 5.74) is 3.48. The number of anilines is 1. The van der Waals surface area contributed by atoms with Crippen LogP contribution in [0.3, 0.4) is 0 Å². The topological polar surface area (TPSA) is 105 Å². The molecule has 222 valence electrons. The van der Waals surface area contributed by atoms with Crippen LogP contribution in [-0.2, 0) is 11.2 Å². The number of fused-ring (bicyclic) bond motifs is 1. The molecule has 0 amide bonds. The van der Waals surface area contributed by atoms with E-state index in [9.17, 15) is 5.26 Å². The van der Waals surface area contributed by atoms with Crippen LogP contribution < -0.4 is 14.8 Å². The van der Waals surface area contributed by atoms with Crippen molar-refractivity contribution < 1.29 is 23.0 Å². The number of benzene rings is 3. The summed E-state index contributed by atoms with van der Waals surface area (Å²) in [6, 6.07) is 21.5. The molecule has 0 aliphatic carbocycles. The number of pyridine rings is 1. The average molecular weight is 594 g/mol. The number of aliphatic imine (C=N–C) groups is 1. The van der Waals surface area contributed by atoms with Crippen molar-refractivity contribution in [2.24, 2.45) is 10.9 Å². The summed E-state index contributed by atoms with van der Waals surface area (Å²) < 4.78 is 47.9. The van der Waals surface area contributed by atoms with E-state index in [0.29, 0.717) is 46.6 Å². The molecule has 1 aliphatic heterocycles. The Morgan fingerprint density at radius 2 is 1.86 bits per heavy atom. The van der Waals surface area contributed by atoms with Crippen molar-refractivity contribution in [1.29, 1.82) is 5.26 Å². The van der Waals surface area contributed by atoms with Crippen LogP contribution in [0.2, 0.25) is 0 Å². The van der Waals surface area contributed by atoms with Crippen molar-refractivity contribution in [3.05, 3.63) is 102 Å². The van der Waals surface area contributed by atoms with E-state index in [1.165, 1.54) is 17.8 Å². The number of amidine groups is 1. The smallest absolute Gasteiger partial charge is 0.289 e. The number of hydrogen-bond acceptors (Lipinski definition) is 7. The molecule has 3 heterocycles. The van der Waals surface area contributed by atoms with E-state index in [0.717, 1.165) is 18.6 Å². The van der Waals surface area contributed by atoms with Crippen LogP contribution in [0.5, 0.6) is 17.2 Å². The highest BCUT2D eigenvalue weighted by molar-refractivity contribution is 5.98. The second-order valence-corrected chi connectivity index (χ2v) is 10.7. The summed E-state index contributed by atoms with van der Waals surface area (Å²) in [7, 11) is 0. The molecule has 1 atom stereocenters. The van der Waals surface area contributed by atoms with Gasteiger partial charge >= 0.3 is 0 Å². The molecule has 0 saturated heterocycles. The Balaban J connectivity index is 1.22. The summed E-state index contributed by atoms with van der Waals surface area (Å²) in [5, 5.41) is 13.1. The van der Waals surface area contributed by atoms with Crippen LogP contribution >= 0.6 is 0 Å². The molecule has 2 N–H and O–H groups in total. The number of halogens is 2. The van der Waals surface area contributed by atoms with Crippen LogP contribution in [0.25, 0.3) is 22.2 Å². The monoisotopic (exact) mass is 593 g/mol. The number of hydrogen-bond donors (Lipinski definition) is 2. The molecule has 0 spiro atoms. The van der Waals surface area contributed by atoms with Gasteiger partial charge in [0.1, 0.15) is 23.2 Å². The van der Waals surface area contributed by atoms with Gasteiger partial charge in [0, 0.05) is 41.7 Å². The van der Waals surface area contributed by atoms with Gasteiger partial charge in [-0.25, -0.2) is 18.8 Å². The fraction of sp³-hybridized carbons (Fsp3) is 0.206. The van der Waals surface area contributed by atoms with Crippen molar-refractivity contribution in [3.8, 4) is 34.4 Å². The molecule has 10 heteroatoms. The summed E-state index contributed by atoms with van der Waals surface area (Å²) in [6.45, 7) is 4.73. The van der Waals surface area contributed by atoms with Gasteiger partial charge in [0.25, 0.3) is 6.02 Å². The lowest BCUT2D eigenvalue weighted by Crippen LogP contribution is -2.29. The van der Waals surface area contributed by atoms with E-state index in [1.807, 2.05) is 32.0 Å². The number of nitrogens with one attached hydrogen (secondary N) is 2. The van der Waals surface area contributed by atoms with Gasteiger partial charge in [0.2, 0.25) is 0 Å². The van der Waals surface area contributed by atoms with E-state index in [4.69, 9.17) is 14.2 Å². The largest absolute Gasteiger partial charge is 0.490 e. The molecular weight excluding hydrogens is 564 g/mol. The summed E-state index contributed by atoms with van der Waals surface area (Å²) in [6.07, 6.45) is 3.92. The first-order valence-electron chi connectivity index (χ1n) is 14.2. The summed E-state index contributed by atoms with van der Waals surface area (Å²) >= 11 is 0. The third kappa shape index (κ3) is 6.17. The highest BCUT2D eigenvalue weighted by Gasteiger charge is 2.21. The predicted octanol–water partition coefficient (Wildman–Crippen LogP) is 7.62. The minimum atomic E-state index is -0.908. The number of ether oxygens (including phenoxy) is 3. The highest BCUT2D eigenvalue weighted by Crippen LogP contribution is 2.39. The Morgan fingerprint density at radius 1 is 1.07 bits per heavy atom. The lowest BCUT2D eigenvalue weighted by atomic mass is 10.00. The van der Waals surface area contributed by atoms with Crippen LogP contribution in [-0.4, -0.2) is 35.2 Å². The van der Waals surface area contributed by atoms with Gasteiger partial charge in [-0.05, 0) is 49.6 Å². The van der Waals surface area contributed by atoms with E-state index in [2.05, 4.69) is 38.5 Å². The van der Waals surface area contributed by atoms with E-state index < -0.39 is 17.4 Å². The van der Waals surface area contributed by atoms with Crippen LogP contribution in [0, 0.1) is 28.9 Å². The first kappa shape index (κ1) is 28.7. The Hall–Kier alpha value is -5.43. The van der Waals surface area contributed by atoms with E-state index in [-0.39, 0.29) is 29.5 Å². The van der Waals surface area contributed by atoms with Crippen LogP contribution in [0.1, 0.15) is 25.0 Å². The Bertz CT molecular complexity index is 1860. The molecule has 8 nitrogen and oxygen atoms in total. The molecule has 5 aromatic rings. The molecule has 0 unspecified atom stereocenters. The number of aromatic nitrogens is 2. The van der Waals surface area contributed by atoms with Crippen LogP contribution in [0.4, 0.5) is 14.5 Å². The quantitative estimate of drug-likeness (QED) is 0.192. The average Bonchev–Trinajstić information content (AvgIpc) is 3.46. The number of H-pyrrole nitrogens is 1. The van der Waals surface area contributed by atoms with Crippen molar-refractivity contribution >= 4 is 22.7 Å². The Kier molecular flexibility index (Phi) is 8.10. The van der Waals surface area contributed by atoms with Gasteiger partial charge in [-0.3, -0.25) is 0 Å². The molecule has 2 aromatic heterocycles. The summed E-state index contributed by atoms with van der Waals surface area (Å²) in [4.78, 5) is 11.8. The van der Waals surface area contributed by atoms with Gasteiger partial charge in [0.05, 0.1) is 30.2 Å². The molecular formula is C34H29F2N5O3. The number of nitriles is 1. The van der Waals surface area contributed by atoms with Crippen molar-refractivity contribution in [1.82, 2.24) is 9.97 Å². The maximum atomic E-state index is 15.3. The Morgan fingerprint density at radius 3 is 2.57 bits per heavy atom. The van der Waals surface area contributed by atoms with Crippen LogP contribution in [0.15, 0.2) is 84.1 Å². The number of nitrogens with zero attached hydrogens (tertiary/aromatic N) is 3. The standard InChI is InChI=1S/C34H29F2N5O3/c1-20(2)43-29-9-8-23(13-24(29)16-37)26-18-39-33-31(26)30(10-11-38-33)44-32-27(35)14-25(15-28(32)36)41-34-40-17-22(19-42-34)12-21-6-4-3-5-7-21/h3-11,13-15,18,20,22H,12,17,19H2,1-2H3,(H,38,39)(H,40,41)/t22-/m1/s1. The zero-order chi connectivity index (χ0) is 30.6. The van der Waals surface area contributed by atoms with Gasteiger partial charge in [-0.15, -0.1) is 0 Å².